The normalized spacial score (nSPS) is 23.7. The molecule has 2 atom stereocenters. The minimum Gasteiger partial charge on any atom is -0.335 e. The second-order valence-electron chi connectivity index (χ2n) is 6.61. The first kappa shape index (κ1) is 16.3. The maximum absolute atomic E-state index is 12.8. The maximum Gasteiger partial charge on any atom is 0.233 e. The van der Waals surface area contributed by atoms with E-state index in [1.165, 1.54) is 10.4 Å². The van der Waals surface area contributed by atoms with Crippen molar-refractivity contribution < 1.29 is 4.79 Å². The van der Waals surface area contributed by atoms with Crippen LogP contribution in [0.4, 0.5) is 0 Å². The van der Waals surface area contributed by atoms with Crippen LogP contribution in [0.25, 0.3) is 10.2 Å². The highest BCUT2D eigenvalue weighted by molar-refractivity contribution is 8.00. The SMILES string of the molecule is Cc1sc2ncnc(SCC(=O)N3C4CCNCC3CC4)c2c1C. The summed E-state index contributed by atoms with van der Waals surface area (Å²) in [5.41, 5.74) is 1.24. The van der Waals surface area contributed by atoms with Gasteiger partial charge in [-0.3, -0.25) is 4.79 Å². The van der Waals surface area contributed by atoms with E-state index < -0.39 is 0 Å². The van der Waals surface area contributed by atoms with Crippen molar-refractivity contribution in [3.63, 3.8) is 0 Å². The summed E-state index contributed by atoms with van der Waals surface area (Å²) >= 11 is 3.26. The third-order valence-electron chi connectivity index (χ3n) is 5.21. The topological polar surface area (TPSA) is 58.1 Å². The number of aromatic nitrogens is 2. The number of carbonyl (C=O) groups is 1. The molecule has 2 saturated heterocycles. The fourth-order valence-electron chi connectivity index (χ4n) is 3.85. The van der Waals surface area contributed by atoms with E-state index in [0.29, 0.717) is 17.8 Å². The van der Waals surface area contributed by atoms with Gasteiger partial charge in [-0.25, -0.2) is 9.97 Å². The van der Waals surface area contributed by atoms with Gasteiger partial charge in [0, 0.05) is 28.9 Å². The summed E-state index contributed by atoms with van der Waals surface area (Å²) in [4.78, 5) is 26.1. The largest absolute Gasteiger partial charge is 0.335 e. The highest BCUT2D eigenvalue weighted by Gasteiger charge is 2.37. The summed E-state index contributed by atoms with van der Waals surface area (Å²) in [6.07, 6.45) is 4.98. The number of carbonyl (C=O) groups excluding carboxylic acids is 1. The first-order valence-electron chi connectivity index (χ1n) is 8.50. The molecule has 2 bridgehead atoms. The molecule has 0 saturated carbocycles. The van der Waals surface area contributed by atoms with Gasteiger partial charge in [-0.15, -0.1) is 11.3 Å². The minimum absolute atomic E-state index is 0.257. The number of nitrogens with zero attached hydrogens (tertiary/aromatic N) is 3. The lowest BCUT2D eigenvalue weighted by Gasteiger charge is -2.27. The van der Waals surface area contributed by atoms with Crippen LogP contribution in [0.15, 0.2) is 11.4 Å². The molecule has 4 rings (SSSR count). The van der Waals surface area contributed by atoms with Crippen LogP contribution in [-0.2, 0) is 4.79 Å². The Morgan fingerprint density at radius 3 is 3.04 bits per heavy atom. The van der Waals surface area contributed by atoms with Crippen LogP contribution in [0.5, 0.6) is 0 Å². The van der Waals surface area contributed by atoms with Crippen LogP contribution in [-0.4, -0.2) is 51.7 Å². The van der Waals surface area contributed by atoms with Crippen molar-refractivity contribution in [2.45, 2.75) is 50.2 Å². The lowest BCUT2D eigenvalue weighted by molar-refractivity contribution is -0.130. The summed E-state index contributed by atoms with van der Waals surface area (Å²) in [7, 11) is 0. The van der Waals surface area contributed by atoms with E-state index in [-0.39, 0.29) is 5.91 Å². The molecule has 0 radical (unpaired) electrons. The van der Waals surface area contributed by atoms with Gasteiger partial charge in [0.1, 0.15) is 16.2 Å². The average Bonchev–Trinajstić information content (AvgIpc) is 3.00. The fourth-order valence-corrected chi connectivity index (χ4v) is 5.84. The first-order valence-corrected chi connectivity index (χ1v) is 10.3. The molecule has 7 heteroatoms. The summed E-state index contributed by atoms with van der Waals surface area (Å²) in [5, 5.41) is 5.52. The Morgan fingerprint density at radius 2 is 2.17 bits per heavy atom. The molecule has 2 aliphatic rings. The molecule has 2 fully saturated rings. The van der Waals surface area contributed by atoms with Crippen LogP contribution in [0, 0.1) is 13.8 Å². The van der Waals surface area contributed by atoms with Crippen molar-refractivity contribution in [2.24, 2.45) is 0 Å². The molecule has 128 valence electrons. The zero-order valence-electron chi connectivity index (χ0n) is 14.0. The highest BCUT2D eigenvalue weighted by atomic mass is 32.2. The fraction of sp³-hybridized carbons (Fsp3) is 0.588. The van der Waals surface area contributed by atoms with Gasteiger partial charge < -0.3 is 10.2 Å². The summed E-state index contributed by atoms with van der Waals surface area (Å²) < 4.78 is 0. The molecule has 1 N–H and O–H groups in total. The van der Waals surface area contributed by atoms with E-state index in [1.807, 2.05) is 0 Å². The molecular weight excluding hydrogens is 340 g/mol. The molecular formula is C17H22N4OS2. The number of hydrogen-bond donors (Lipinski definition) is 1. The summed E-state index contributed by atoms with van der Waals surface area (Å²) in [6.45, 7) is 6.19. The molecule has 0 spiro atoms. The van der Waals surface area contributed by atoms with Crippen LogP contribution < -0.4 is 5.32 Å². The third kappa shape index (κ3) is 2.82. The van der Waals surface area contributed by atoms with Crippen LogP contribution in [0.2, 0.25) is 0 Å². The quantitative estimate of drug-likeness (QED) is 0.672. The Balaban J connectivity index is 1.52. The van der Waals surface area contributed by atoms with Gasteiger partial charge in [-0.1, -0.05) is 11.8 Å². The molecule has 0 aliphatic carbocycles. The van der Waals surface area contributed by atoms with Crippen molar-refractivity contribution >= 4 is 39.2 Å². The van der Waals surface area contributed by atoms with Gasteiger partial charge in [0.05, 0.1) is 5.75 Å². The summed E-state index contributed by atoms with van der Waals surface area (Å²) in [6, 6.07) is 0.801. The van der Waals surface area contributed by atoms with E-state index in [9.17, 15) is 4.79 Å². The van der Waals surface area contributed by atoms with E-state index >= 15 is 0 Å². The highest BCUT2D eigenvalue weighted by Crippen LogP contribution is 2.35. The smallest absolute Gasteiger partial charge is 0.233 e. The average molecular weight is 363 g/mol. The van der Waals surface area contributed by atoms with Gasteiger partial charge in [0.15, 0.2) is 0 Å². The Kier molecular flexibility index (Phi) is 4.49. The Labute approximate surface area is 150 Å². The number of hydrogen-bond acceptors (Lipinski definition) is 6. The summed E-state index contributed by atoms with van der Waals surface area (Å²) in [5.74, 6) is 0.723. The van der Waals surface area contributed by atoms with Crippen molar-refractivity contribution in [3.8, 4) is 0 Å². The molecule has 1 amide bonds. The van der Waals surface area contributed by atoms with E-state index in [1.54, 1.807) is 29.4 Å². The number of thioether (sulfide) groups is 1. The molecule has 2 aliphatic heterocycles. The maximum atomic E-state index is 12.8. The third-order valence-corrected chi connectivity index (χ3v) is 7.29. The number of amides is 1. The lowest BCUT2D eigenvalue weighted by Crippen LogP contribution is -2.43. The van der Waals surface area contributed by atoms with Gasteiger partial charge in [0.2, 0.25) is 5.91 Å². The predicted molar refractivity (Wildman–Crippen MR) is 98.8 cm³/mol. The molecule has 0 aromatic carbocycles. The number of nitrogens with one attached hydrogen (secondary N) is 1. The van der Waals surface area contributed by atoms with Gasteiger partial charge in [0.25, 0.3) is 0 Å². The standard InChI is InChI=1S/C17H22N4OS2/c1-10-11(2)24-17-15(10)16(19-9-20-17)23-8-14(22)21-12-3-4-13(21)7-18-6-5-12/h9,12-13,18H,3-8H2,1-2H3. The van der Waals surface area contributed by atoms with Gasteiger partial charge in [-0.05, 0) is 45.2 Å². The Hall–Kier alpha value is -1.18. The second-order valence-corrected chi connectivity index (χ2v) is 8.78. The Bertz CT molecular complexity index is 761. The number of rotatable bonds is 3. The monoisotopic (exact) mass is 362 g/mol. The predicted octanol–water partition coefficient (Wildman–Crippen LogP) is 2.75. The van der Waals surface area contributed by atoms with Crippen molar-refractivity contribution in [2.75, 3.05) is 18.8 Å². The number of aryl methyl sites for hydroxylation is 2. The van der Waals surface area contributed by atoms with Crippen molar-refractivity contribution in [1.29, 1.82) is 0 Å². The number of thiophene rings is 1. The molecule has 2 aromatic heterocycles. The van der Waals surface area contributed by atoms with Gasteiger partial charge >= 0.3 is 0 Å². The van der Waals surface area contributed by atoms with Crippen LogP contribution in [0.1, 0.15) is 29.7 Å². The minimum atomic E-state index is 0.257. The molecule has 2 unspecified atom stereocenters. The zero-order chi connectivity index (χ0) is 16.7. The van der Waals surface area contributed by atoms with Crippen LogP contribution >= 0.6 is 23.1 Å². The molecule has 4 heterocycles. The second kappa shape index (κ2) is 6.61. The molecule has 24 heavy (non-hydrogen) atoms. The van der Waals surface area contributed by atoms with Crippen LogP contribution in [0.3, 0.4) is 0 Å². The zero-order valence-corrected chi connectivity index (χ0v) is 15.7. The van der Waals surface area contributed by atoms with E-state index in [2.05, 4.69) is 34.0 Å². The van der Waals surface area contributed by atoms with Crippen molar-refractivity contribution in [3.05, 3.63) is 16.8 Å². The van der Waals surface area contributed by atoms with E-state index in [4.69, 9.17) is 0 Å². The number of fused-ring (bicyclic) bond motifs is 3. The van der Waals surface area contributed by atoms with Gasteiger partial charge in [-0.2, -0.15) is 0 Å². The Morgan fingerprint density at radius 1 is 1.33 bits per heavy atom. The first-order chi connectivity index (χ1) is 11.6. The molecule has 2 aromatic rings. The van der Waals surface area contributed by atoms with Crippen molar-refractivity contribution in [1.82, 2.24) is 20.2 Å². The van der Waals surface area contributed by atoms with E-state index in [0.717, 1.165) is 47.6 Å². The molecule has 5 nitrogen and oxygen atoms in total. The lowest BCUT2D eigenvalue weighted by atomic mass is 10.1.